The molecule has 0 bridgehead atoms. The summed E-state index contributed by atoms with van der Waals surface area (Å²) < 4.78 is 18.3. The third-order valence-corrected chi connectivity index (χ3v) is 3.10. The summed E-state index contributed by atoms with van der Waals surface area (Å²) in [5.41, 5.74) is 0.368. The van der Waals surface area contributed by atoms with Crippen LogP contribution >= 0.6 is 0 Å². The fourth-order valence-electron chi connectivity index (χ4n) is 2.26. The molecule has 5 heteroatoms. The Bertz CT molecular complexity index is 454. The van der Waals surface area contributed by atoms with E-state index in [2.05, 4.69) is 10.3 Å². The van der Waals surface area contributed by atoms with E-state index >= 15 is 0 Å². The Hall–Kier alpha value is -1.49. The van der Waals surface area contributed by atoms with E-state index in [1.165, 1.54) is 12.3 Å². The Balaban J connectivity index is 2.12. The topological polar surface area (TPSA) is 51.2 Å². The number of esters is 1. The molecule has 2 atom stereocenters. The molecule has 2 unspecified atom stereocenters. The number of halogens is 1. The molecular weight excluding hydrogens is 247 g/mol. The van der Waals surface area contributed by atoms with E-state index in [1.807, 2.05) is 20.8 Å². The lowest BCUT2D eigenvalue weighted by molar-refractivity contribution is -0.159. The van der Waals surface area contributed by atoms with E-state index in [0.29, 0.717) is 13.1 Å². The first kappa shape index (κ1) is 13.9. The van der Waals surface area contributed by atoms with Gasteiger partial charge in [-0.3, -0.25) is 4.79 Å². The van der Waals surface area contributed by atoms with Crippen LogP contribution in [0, 0.1) is 11.9 Å². The number of pyridine rings is 1. The summed E-state index contributed by atoms with van der Waals surface area (Å²) in [5.74, 6) is -0.982. The molecule has 19 heavy (non-hydrogen) atoms. The molecule has 0 radical (unpaired) electrons. The summed E-state index contributed by atoms with van der Waals surface area (Å²) in [4.78, 5) is 15.8. The van der Waals surface area contributed by atoms with E-state index in [-0.39, 0.29) is 17.8 Å². The largest absolute Gasteiger partial charge is 0.460 e. The van der Waals surface area contributed by atoms with Crippen LogP contribution in [0.4, 0.5) is 4.39 Å². The molecule has 0 aliphatic carbocycles. The standard InChI is InChI=1S/C14H19FN2O2/c1-14(2,3)19-13(18)11-8-16-7-10(11)9-4-5-12(15)17-6-9/h4-6,10-11,16H,7-8H2,1-3H3. The fourth-order valence-corrected chi connectivity index (χ4v) is 2.26. The van der Waals surface area contributed by atoms with E-state index in [4.69, 9.17) is 4.74 Å². The highest BCUT2D eigenvalue weighted by molar-refractivity contribution is 5.75. The van der Waals surface area contributed by atoms with Crippen molar-refractivity contribution in [1.29, 1.82) is 0 Å². The van der Waals surface area contributed by atoms with Crippen molar-refractivity contribution in [2.75, 3.05) is 13.1 Å². The van der Waals surface area contributed by atoms with Gasteiger partial charge < -0.3 is 10.1 Å². The highest BCUT2D eigenvalue weighted by atomic mass is 19.1. The zero-order valence-corrected chi connectivity index (χ0v) is 11.4. The van der Waals surface area contributed by atoms with Crippen molar-refractivity contribution in [3.8, 4) is 0 Å². The van der Waals surface area contributed by atoms with E-state index in [0.717, 1.165) is 5.56 Å². The first-order valence-corrected chi connectivity index (χ1v) is 6.42. The highest BCUT2D eigenvalue weighted by Crippen LogP contribution is 2.29. The van der Waals surface area contributed by atoms with Crippen LogP contribution in [0.5, 0.6) is 0 Å². The fraction of sp³-hybridized carbons (Fsp3) is 0.571. The van der Waals surface area contributed by atoms with Crippen molar-refractivity contribution in [3.63, 3.8) is 0 Å². The smallest absolute Gasteiger partial charge is 0.311 e. The lowest BCUT2D eigenvalue weighted by atomic mass is 9.90. The average Bonchev–Trinajstić information content (AvgIpc) is 2.76. The number of rotatable bonds is 2. The van der Waals surface area contributed by atoms with Gasteiger partial charge in [-0.15, -0.1) is 0 Å². The number of carbonyl (C=O) groups excluding carboxylic acids is 1. The minimum Gasteiger partial charge on any atom is -0.460 e. The van der Waals surface area contributed by atoms with Crippen molar-refractivity contribution >= 4 is 5.97 Å². The van der Waals surface area contributed by atoms with Gasteiger partial charge in [0.25, 0.3) is 0 Å². The highest BCUT2D eigenvalue weighted by Gasteiger charge is 2.36. The Kier molecular flexibility index (Phi) is 3.85. The Morgan fingerprint density at radius 1 is 1.42 bits per heavy atom. The molecule has 1 aromatic heterocycles. The molecule has 1 aliphatic rings. The van der Waals surface area contributed by atoms with Gasteiger partial charge in [-0.05, 0) is 32.4 Å². The van der Waals surface area contributed by atoms with Crippen molar-refractivity contribution in [3.05, 3.63) is 29.8 Å². The summed E-state index contributed by atoms with van der Waals surface area (Å²) in [6, 6.07) is 3.00. The molecule has 104 valence electrons. The summed E-state index contributed by atoms with van der Waals surface area (Å²) in [7, 11) is 0. The molecule has 0 spiro atoms. The molecule has 4 nitrogen and oxygen atoms in total. The first-order chi connectivity index (χ1) is 8.87. The van der Waals surface area contributed by atoms with Crippen LogP contribution < -0.4 is 5.32 Å². The van der Waals surface area contributed by atoms with Gasteiger partial charge in [-0.2, -0.15) is 4.39 Å². The van der Waals surface area contributed by atoms with Gasteiger partial charge in [-0.1, -0.05) is 6.07 Å². The predicted molar refractivity (Wildman–Crippen MR) is 69.1 cm³/mol. The van der Waals surface area contributed by atoms with Crippen LogP contribution in [-0.4, -0.2) is 29.6 Å². The summed E-state index contributed by atoms with van der Waals surface area (Å²) >= 11 is 0. The predicted octanol–water partition coefficient (Wildman–Crippen LogP) is 1.87. The number of nitrogens with one attached hydrogen (secondary N) is 1. The normalized spacial score (nSPS) is 23.4. The molecule has 1 aliphatic heterocycles. The number of hydrogen-bond donors (Lipinski definition) is 1. The summed E-state index contributed by atoms with van der Waals surface area (Å²) in [6.07, 6.45) is 1.49. The monoisotopic (exact) mass is 266 g/mol. The Labute approximate surface area is 112 Å². The number of aromatic nitrogens is 1. The third kappa shape index (κ3) is 3.50. The van der Waals surface area contributed by atoms with Crippen LogP contribution in [0.1, 0.15) is 32.3 Å². The van der Waals surface area contributed by atoms with Crippen molar-refractivity contribution < 1.29 is 13.9 Å². The summed E-state index contributed by atoms with van der Waals surface area (Å²) in [5, 5.41) is 3.18. The van der Waals surface area contributed by atoms with Gasteiger partial charge in [0.15, 0.2) is 0 Å². The zero-order chi connectivity index (χ0) is 14.0. The van der Waals surface area contributed by atoms with E-state index in [1.54, 1.807) is 6.07 Å². The number of ether oxygens (including phenoxy) is 1. The van der Waals surface area contributed by atoms with Gasteiger partial charge in [-0.25, -0.2) is 4.98 Å². The van der Waals surface area contributed by atoms with Crippen molar-refractivity contribution in [2.24, 2.45) is 5.92 Å². The van der Waals surface area contributed by atoms with Gasteiger partial charge in [0, 0.05) is 25.2 Å². The third-order valence-electron chi connectivity index (χ3n) is 3.10. The summed E-state index contributed by atoms with van der Waals surface area (Å²) in [6.45, 7) is 6.80. The first-order valence-electron chi connectivity index (χ1n) is 6.42. The number of hydrogen-bond acceptors (Lipinski definition) is 4. The average molecular weight is 266 g/mol. The van der Waals surface area contributed by atoms with Crippen LogP contribution in [-0.2, 0) is 9.53 Å². The lowest BCUT2D eigenvalue weighted by Gasteiger charge is -2.24. The molecule has 0 aromatic carbocycles. The van der Waals surface area contributed by atoms with Crippen LogP contribution in [0.2, 0.25) is 0 Å². The van der Waals surface area contributed by atoms with E-state index < -0.39 is 11.5 Å². The number of carbonyl (C=O) groups is 1. The molecule has 1 saturated heterocycles. The number of nitrogens with zero attached hydrogens (tertiary/aromatic N) is 1. The van der Waals surface area contributed by atoms with Gasteiger partial charge in [0.2, 0.25) is 5.95 Å². The SMILES string of the molecule is CC(C)(C)OC(=O)C1CNCC1c1ccc(F)nc1. The Morgan fingerprint density at radius 2 is 2.16 bits per heavy atom. The second-order valence-corrected chi connectivity index (χ2v) is 5.82. The maximum Gasteiger partial charge on any atom is 0.311 e. The van der Waals surface area contributed by atoms with Gasteiger partial charge in [0.1, 0.15) is 5.60 Å². The molecule has 0 saturated carbocycles. The van der Waals surface area contributed by atoms with Crippen molar-refractivity contribution in [2.45, 2.75) is 32.3 Å². The molecule has 2 rings (SSSR count). The molecule has 2 heterocycles. The minimum atomic E-state index is -0.511. The minimum absolute atomic E-state index is 0.0112. The Morgan fingerprint density at radius 3 is 2.74 bits per heavy atom. The maximum atomic E-state index is 12.8. The second kappa shape index (κ2) is 5.25. The zero-order valence-electron chi connectivity index (χ0n) is 11.4. The van der Waals surface area contributed by atoms with Crippen molar-refractivity contribution in [1.82, 2.24) is 10.3 Å². The quantitative estimate of drug-likeness (QED) is 0.656. The lowest BCUT2D eigenvalue weighted by Crippen LogP contribution is -2.31. The van der Waals surface area contributed by atoms with Crippen LogP contribution in [0.15, 0.2) is 18.3 Å². The van der Waals surface area contributed by atoms with Gasteiger partial charge in [0.05, 0.1) is 5.92 Å². The van der Waals surface area contributed by atoms with E-state index in [9.17, 15) is 9.18 Å². The molecule has 1 N–H and O–H groups in total. The molecule has 1 aromatic rings. The molecule has 1 fully saturated rings. The molecular formula is C14H19FN2O2. The second-order valence-electron chi connectivity index (χ2n) is 5.82. The molecule has 0 amide bonds. The van der Waals surface area contributed by atoms with Crippen LogP contribution in [0.3, 0.4) is 0 Å². The van der Waals surface area contributed by atoms with Crippen LogP contribution in [0.25, 0.3) is 0 Å². The van der Waals surface area contributed by atoms with Gasteiger partial charge >= 0.3 is 5.97 Å². The maximum absolute atomic E-state index is 12.8.